The monoisotopic (exact) mass is 1690 g/mol. The van der Waals surface area contributed by atoms with Crippen LogP contribution in [-0.2, 0) is 0 Å². The van der Waals surface area contributed by atoms with E-state index in [4.69, 9.17) is 15.0 Å². The quantitative estimate of drug-likeness (QED) is 0.0871. The molecule has 0 spiro atoms. The molecule has 11 aromatic carbocycles. The molecule has 13 aromatic heterocycles. The van der Waals surface area contributed by atoms with Gasteiger partial charge in [0.2, 0.25) is 0 Å². The van der Waals surface area contributed by atoms with E-state index in [-0.39, 0.29) is 0 Å². The molecule has 0 radical (unpaired) electrons. The van der Waals surface area contributed by atoms with Gasteiger partial charge in [-0.2, -0.15) is 0 Å². The molecule has 0 bridgehead atoms. The van der Waals surface area contributed by atoms with E-state index in [9.17, 15) is 0 Å². The molecule has 0 unspecified atom stereocenters. The minimum absolute atomic E-state index is 0.928. The summed E-state index contributed by atoms with van der Waals surface area (Å²) in [7, 11) is 0. The summed E-state index contributed by atoms with van der Waals surface area (Å²) >= 11 is 1.73. The molecule has 0 aliphatic rings. The van der Waals surface area contributed by atoms with Crippen molar-refractivity contribution in [2.45, 2.75) is 0 Å². The molecule has 0 saturated carbocycles. The molecule has 14 nitrogen and oxygen atoms in total. The smallest absolute Gasteiger partial charge is 0.145 e. The fourth-order valence-electron chi connectivity index (χ4n) is 17.4. The second-order valence-electron chi connectivity index (χ2n) is 31.5. The first-order valence-electron chi connectivity index (χ1n) is 43.0. The number of pyridine rings is 7. The zero-order valence-corrected chi connectivity index (χ0v) is 71.0. The molecule has 0 aliphatic heterocycles. The van der Waals surface area contributed by atoms with Crippen LogP contribution in [0.15, 0.2) is 475 Å². The van der Waals surface area contributed by atoms with Crippen molar-refractivity contribution < 1.29 is 0 Å². The van der Waals surface area contributed by atoms with E-state index in [1.54, 1.807) is 48.5 Å². The fraction of sp³-hybridized carbons (Fsp3) is 0. The Morgan fingerprint density at radius 2 is 0.485 bits per heavy atom. The SMILES string of the molecule is c1ccc(-n2c(-c3ccc(-c4ccc(-n5c(-c6cccnc6)ccc5-c5cccnc5)cc4)cc3)nc3ccccc32)cc1.c1cncc(-c2ccc(-c3cccnc3)n2-c2ccc(-c3ccc(-c4nc5ccccc5s4)cc3)cc2)c1.c1cncc(-c2ccc(-c3cccnc3)n2-c2ccc(-c3cccc(-c4ccc(-n5c6ccccc6c6ccccc65)cc4)n3)cc2)c1. The van der Waals surface area contributed by atoms with Crippen molar-refractivity contribution in [3.63, 3.8) is 0 Å². The number of rotatable bonds is 17. The van der Waals surface area contributed by atoms with E-state index in [0.29, 0.717) is 0 Å². The molecular formula is C115H78N14S. The second-order valence-corrected chi connectivity index (χ2v) is 32.5. The van der Waals surface area contributed by atoms with Crippen LogP contribution >= 0.6 is 11.3 Å². The lowest BCUT2D eigenvalue weighted by atomic mass is 10.0. The minimum Gasteiger partial charge on any atom is -0.309 e. The molecule has 24 aromatic rings. The van der Waals surface area contributed by atoms with Crippen molar-refractivity contribution in [1.29, 1.82) is 0 Å². The predicted octanol–water partition coefficient (Wildman–Crippen LogP) is 28.2. The number of thiazole rings is 1. The standard InChI is InChI=1S/C43H29N5.C39H27N5.C33H22N4S/c1-3-14-42-36(10-1)37-11-2-4-15-43(37)48(42)35-22-18-31(19-23-35)39-13-5-12-38(46-39)30-16-20-34(21-17-30)47-40(32-8-6-26-44-28-32)24-25-41(47)33-9-7-27-45-29-33;1-2-10-33(11-3-1)44-38-13-5-4-12-35(38)42-39(44)30-16-14-28(15-17-30)29-18-20-34(21-19-29)43-36(31-8-6-24-40-26-31)22-23-37(43)32-9-7-25-41-27-32;1-2-8-32-29(7-1)36-33(38-32)25-11-9-23(10-12-25)24-13-15-28(16-14-24)37-30(26-5-3-19-34-21-26)17-18-31(37)27-6-4-20-35-22-27/h1-29H;1-27H;1-22H. The topological polar surface area (TPSA) is 141 Å². The first-order valence-corrected chi connectivity index (χ1v) is 43.9. The van der Waals surface area contributed by atoms with Crippen LogP contribution in [0, 0.1) is 0 Å². The number of aromatic nitrogens is 14. The molecule has 24 rings (SSSR count). The Labute approximate surface area is 754 Å². The third-order valence-electron chi connectivity index (χ3n) is 23.6. The maximum absolute atomic E-state index is 5.10. The zero-order valence-electron chi connectivity index (χ0n) is 70.2. The van der Waals surface area contributed by atoms with Crippen molar-refractivity contribution in [1.82, 2.24) is 67.7 Å². The van der Waals surface area contributed by atoms with Gasteiger partial charge < -0.3 is 18.3 Å². The molecule has 13 heterocycles. The van der Waals surface area contributed by atoms with E-state index >= 15 is 0 Å². The van der Waals surface area contributed by atoms with Crippen LogP contribution in [-0.4, -0.2) is 67.7 Å². The largest absolute Gasteiger partial charge is 0.309 e. The highest BCUT2D eigenvalue weighted by molar-refractivity contribution is 7.21. The fourth-order valence-corrected chi connectivity index (χ4v) is 18.3. The summed E-state index contributed by atoms with van der Waals surface area (Å²) in [6.07, 6.45) is 22.2. The highest BCUT2D eigenvalue weighted by atomic mass is 32.1. The van der Waals surface area contributed by atoms with Gasteiger partial charge in [0.25, 0.3) is 0 Å². The molecule has 0 saturated heterocycles. The number of hydrogen-bond acceptors (Lipinski definition) is 10. The zero-order chi connectivity index (χ0) is 86.5. The third kappa shape index (κ3) is 15.6. The Balaban J connectivity index is 0.000000115. The van der Waals surface area contributed by atoms with Crippen molar-refractivity contribution in [3.05, 3.63) is 475 Å². The average molecular weight is 1690 g/mol. The van der Waals surface area contributed by atoms with Gasteiger partial charge in [0, 0.05) is 169 Å². The molecule has 15 heteroatoms. The van der Waals surface area contributed by atoms with Gasteiger partial charge in [0.15, 0.2) is 0 Å². The number of para-hydroxylation sites is 6. The van der Waals surface area contributed by atoms with Crippen molar-refractivity contribution in [2.75, 3.05) is 0 Å². The Morgan fingerprint density at radius 3 is 0.862 bits per heavy atom. The van der Waals surface area contributed by atoms with Gasteiger partial charge in [-0.3, -0.25) is 34.5 Å². The lowest BCUT2D eigenvalue weighted by Gasteiger charge is -2.15. The first-order chi connectivity index (χ1) is 64.5. The summed E-state index contributed by atoms with van der Waals surface area (Å²) in [4.78, 5) is 41.1. The van der Waals surface area contributed by atoms with Crippen LogP contribution in [0.1, 0.15) is 0 Å². The van der Waals surface area contributed by atoms with Gasteiger partial charge in [-0.05, 0) is 241 Å². The molecule has 614 valence electrons. The van der Waals surface area contributed by atoms with E-state index in [1.807, 2.05) is 91.8 Å². The highest BCUT2D eigenvalue weighted by Gasteiger charge is 2.22. The van der Waals surface area contributed by atoms with Gasteiger partial charge in [0.1, 0.15) is 10.8 Å². The second kappa shape index (κ2) is 35.2. The van der Waals surface area contributed by atoms with Crippen LogP contribution in [0.5, 0.6) is 0 Å². The maximum atomic E-state index is 5.10. The van der Waals surface area contributed by atoms with Crippen molar-refractivity contribution in [3.8, 4) is 163 Å². The predicted molar refractivity (Wildman–Crippen MR) is 529 cm³/mol. The average Bonchev–Trinajstić information content (AvgIpc) is 1.60. The van der Waals surface area contributed by atoms with Gasteiger partial charge >= 0.3 is 0 Å². The van der Waals surface area contributed by atoms with E-state index in [2.05, 4.69) is 399 Å². The Morgan fingerprint density at radius 1 is 0.177 bits per heavy atom. The molecule has 0 atom stereocenters. The van der Waals surface area contributed by atoms with Crippen LogP contribution < -0.4 is 0 Å². The van der Waals surface area contributed by atoms with Gasteiger partial charge in [-0.15, -0.1) is 11.3 Å². The lowest BCUT2D eigenvalue weighted by Crippen LogP contribution is -2.00. The molecule has 0 N–H and O–H groups in total. The van der Waals surface area contributed by atoms with Crippen LogP contribution in [0.3, 0.4) is 0 Å². The Hall–Kier alpha value is -17.5. The highest BCUT2D eigenvalue weighted by Crippen LogP contribution is 2.41. The minimum atomic E-state index is 0.928. The van der Waals surface area contributed by atoms with Crippen LogP contribution in [0.2, 0.25) is 0 Å². The Bertz CT molecular complexity index is 7810. The maximum Gasteiger partial charge on any atom is 0.145 e. The summed E-state index contributed by atoms with van der Waals surface area (Å²) in [6.45, 7) is 0. The van der Waals surface area contributed by atoms with Gasteiger partial charge in [0.05, 0.1) is 77.8 Å². The number of fused-ring (bicyclic) bond motifs is 5. The molecular weight excluding hydrogens is 1610 g/mol. The third-order valence-corrected chi connectivity index (χ3v) is 24.7. The van der Waals surface area contributed by atoms with E-state index in [1.165, 1.54) is 37.6 Å². The summed E-state index contributed by atoms with van der Waals surface area (Å²) in [5.74, 6) is 0.928. The van der Waals surface area contributed by atoms with Gasteiger partial charge in [-0.25, -0.2) is 15.0 Å². The number of hydrogen-bond donors (Lipinski definition) is 0. The summed E-state index contributed by atoms with van der Waals surface area (Å²) in [5, 5.41) is 3.57. The summed E-state index contributed by atoms with van der Waals surface area (Å²) in [6, 6.07) is 140. The number of nitrogens with zero attached hydrogens (tertiary/aromatic N) is 14. The van der Waals surface area contributed by atoms with Crippen LogP contribution in [0.4, 0.5) is 0 Å². The van der Waals surface area contributed by atoms with Crippen molar-refractivity contribution >= 4 is 54.4 Å². The molecule has 0 amide bonds. The van der Waals surface area contributed by atoms with Crippen molar-refractivity contribution in [2.24, 2.45) is 0 Å². The van der Waals surface area contributed by atoms with E-state index < -0.39 is 0 Å². The lowest BCUT2D eigenvalue weighted by molar-refractivity contribution is 1.09. The molecule has 130 heavy (non-hydrogen) atoms. The molecule has 0 aliphatic carbocycles. The van der Waals surface area contributed by atoms with Crippen LogP contribution in [0.25, 0.3) is 206 Å². The Kier molecular flexibility index (Phi) is 21.3. The first kappa shape index (κ1) is 78.4. The van der Waals surface area contributed by atoms with E-state index in [0.717, 1.165) is 168 Å². The van der Waals surface area contributed by atoms with Gasteiger partial charge in [-0.1, -0.05) is 182 Å². The molecule has 0 fully saturated rings. The number of imidazole rings is 1. The normalized spacial score (nSPS) is 11.2. The number of benzene rings is 11. The summed E-state index contributed by atoms with van der Waals surface area (Å²) in [5.41, 5.74) is 34.6. The summed E-state index contributed by atoms with van der Waals surface area (Å²) < 4.78 is 12.6.